The Labute approximate surface area is 191 Å². The van der Waals surface area contributed by atoms with Gasteiger partial charge in [0.05, 0.1) is 15.8 Å². The van der Waals surface area contributed by atoms with Crippen LogP contribution in [0.15, 0.2) is 65.6 Å². The Balaban J connectivity index is 1.69. The van der Waals surface area contributed by atoms with Crippen LogP contribution in [0.1, 0.15) is 29.0 Å². The number of halogens is 1. The summed E-state index contributed by atoms with van der Waals surface area (Å²) in [5, 5.41) is 13.2. The van der Waals surface area contributed by atoms with Gasteiger partial charge in [-0.3, -0.25) is 14.5 Å². The third-order valence-corrected chi connectivity index (χ3v) is 7.37. The van der Waals surface area contributed by atoms with E-state index in [0.29, 0.717) is 5.13 Å². The van der Waals surface area contributed by atoms with Crippen molar-refractivity contribution in [2.75, 3.05) is 4.90 Å². The van der Waals surface area contributed by atoms with Crippen LogP contribution in [0.25, 0.3) is 16.0 Å². The van der Waals surface area contributed by atoms with E-state index in [9.17, 15) is 19.1 Å². The fourth-order valence-electron chi connectivity index (χ4n) is 3.79. The summed E-state index contributed by atoms with van der Waals surface area (Å²) in [6.07, 6.45) is 0.876. The Hall–Kier alpha value is -3.36. The number of aryl methyl sites for hydroxylation is 1. The third kappa shape index (κ3) is 3.32. The minimum atomic E-state index is -0.814. The molecule has 1 amide bonds. The summed E-state index contributed by atoms with van der Waals surface area (Å²) in [6, 6.07) is 13.9. The van der Waals surface area contributed by atoms with Crippen molar-refractivity contribution in [2.45, 2.75) is 19.4 Å². The molecule has 0 aliphatic carbocycles. The van der Waals surface area contributed by atoms with Crippen LogP contribution < -0.4 is 4.90 Å². The maximum Gasteiger partial charge on any atom is 0.301 e. The van der Waals surface area contributed by atoms with E-state index in [1.54, 1.807) is 0 Å². The molecule has 160 valence electrons. The number of nitrogens with zero attached hydrogens (tertiary/aromatic N) is 2. The van der Waals surface area contributed by atoms with E-state index >= 15 is 0 Å². The summed E-state index contributed by atoms with van der Waals surface area (Å²) in [7, 11) is 0. The van der Waals surface area contributed by atoms with Crippen LogP contribution in [-0.2, 0) is 16.0 Å². The molecule has 3 heterocycles. The SMILES string of the molecule is CCc1ccc2nc(N3C(=O)C(=O)/C(=C(/O)c4ccc(F)cc4)[C@@H]3c3cccs3)sc2c1. The number of Topliss-reactive ketones (excluding diaryl/α,β-unsaturated/α-hetero) is 1. The maximum absolute atomic E-state index is 13.4. The second-order valence-corrected chi connectivity index (χ2v) is 9.33. The first-order valence-corrected chi connectivity index (χ1v) is 11.7. The lowest BCUT2D eigenvalue weighted by Crippen LogP contribution is -2.28. The molecular weight excluding hydrogens is 447 g/mol. The largest absolute Gasteiger partial charge is 0.507 e. The number of amides is 1. The highest BCUT2D eigenvalue weighted by atomic mass is 32.1. The molecule has 4 aromatic rings. The molecule has 0 radical (unpaired) electrons. The number of thiophene rings is 1. The van der Waals surface area contributed by atoms with Crippen molar-refractivity contribution < 1.29 is 19.1 Å². The molecule has 1 N–H and O–H groups in total. The summed E-state index contributed by atoms with van der Waals surface area (Å²) in [6.45, 7) is 2.06. The van der Waals surface area contributed by atoms with Crippen LogP contribution in [0.4, 0.5) is 9.52 Å². The number of benzene rings is 2. The van der Waals surface area contributed by atoms with Crippen LogP contribution in [0, 0.1) is 5.82 Å². The number of anilines is 1. The number of thiazole rings is 1. The summed E-state index contributed by atoms with van der Waals surface area (Å²) < 4.78 is 14.3. The molecule has 0 unspecified atom stereocenters. The van der Waals surface area contributed by atoms with Gasteiger partial charge in [0, 0.05) is 10.4 Å². The zero-order valence-corrected chi connectivity index (χ0v) is 18.5. The van der Waals surface area contributed by atoms with Gasteiger partial charge in [-0.25, -0.2) is 9.37 Å². The van der Waals surface area contributed by atoms with E-state index in [1.165, 1.54) is 51.8 Å². The molecule has 1 fully saturated rings. The molecule has 2 aromatic heterocycles. The lowest BCUT2D eigenvalue weighted by molar-refractivity contribution is -0.132. The smallest absolute Gasteiger partial charge is 0.301 e. The van der Waals surface area contributed by atoms with Crippen LogP contribution in [0.3, 0.4) is 0 Å². The molecular formula is C24H17FN2O3S2. The van der Waals surface area contributed by atoms with Gasteiger partial charge >= 0.3 is 5.91 Å². The highest BCUT2D eigenvalue weighted by Gasteiger charge is 2.48. The molecule has 0 saturated carbocycles. The third-order valence-electron chi connectivity index (χ3n) is 5.43. The zero-order chi connectivity index (χ0) is 22.4. The summed E-state index contributed by atoms with van der Waals surface area (Å²) in [5.41, 5.74) is 2.13. The molecule has 32 heavy (non-hydrogen) atoms. The Kier molecular flexibility index (Phi) is 5.11. The number of ketones is 1. The van der Waals surface area contributed by atoms with Crippen molar-refractivity contribution in [1.29, 1.82) is 0 Å². The first kappa shape index (κ1) is 20.5. The normalized spacial score (nSPS) is 18.1. The molecule has 0 bridgehead atoms. The van der Waals surface area contributed by atoms with Gasteiger partial charge in [-0.2, -0.15) is 0 Å². The zero-order valence-electron chi connectivity index (χ0n) is 16.9. The van der Waals surface area contributed by atoms with Crippen LogP contribution in [-0.4, -0.2) is 21.8 Å². The Bertz CT molecular complexity index is 1370. The van der Waals surface area contributed by atoms with Crippen LogP contribution in [0.2, 0.25) is 0 Å². The second kappa shape index (κ2) is 7.96. The Morgan fingerprint density at radius 1 is 1.16 bits per heavy atom. The molecule has 1 aliphatic heterocycles. The van der Waals surface area contributed by atoms with Gasteiger partial charge in [0.15, 0.2) is 5.13 Å². The van der Waals surface area contributed by atoms with E-state index in [-0.39, 0.29) is 16.9 Å². The number of aromatic nitrogens is 1. The van der Waals surface area contributed by atoms with Crippen molar-refractivity contribution in [3.63, 3.8) is 0 Å². The number of aliphatic hydroxyl groups is 1. The van der Waals surface area contributed by atoms with E-state index in [2.05, 4.69) is 11.9 Å². The average Bonchev–Trinajstić information content (AvgIpc) is 3.52. The molecule has 8 heteroatoms. The van der Waals surface area contributed by atoms with E-state index in [4.69, 9.17) is 0 Å². The first-order chi connectivity index (χ1) is 15.5. The number of carbonyl (C=O) groups is 2. The number of rotatable bonds is 4. The quantitative estimate of drug-likeness (QED) is 0.239. The van der Waals surface area contributed by atoms with Gasteiger partial charge in [-0.05, 0) is 59.8 Å². The molecule has 5 rings (SSSR count). The van der Waals surface area contributed by atoms with E-state index in [0.717, 1.165) is 27.1 Å². The van der Waals surface area contributed by atoms with E-state index < -0.39 is 23.5 Å². The molecule has 1 saturated heterocycles. The Morgan fingerprint density at radius 2 is 1.94 bits per heavy atom. The van der Waals surface area contributed by atoms with Gasteiger partial charge in [-0.1, -0.05) is 30.4 Å². The van der Waals surface area contributed by atoms with Crippen molar-refractivity contribution in [3.05, 3.63) is 87.4 Å². The summed E-state index contributed by atoms with van der Waals surface area (Å²) >= 11 is 2.71. The maximum atomic E-state index is 13.4. The molecule has 1 aliphatic rings. The van der Waals surface area contributed by atoms with Crippen molar-refractivity contribution in [2.24, 2.45) is 0 Å². The standard InChI is InChI=1S/C24H17FN2O3S2/c1-2-13-5-10-16-18(12-13)32-24(26-16)27-20(17-4-3-11-31-17)19(22(29)23(27)30)21(28)14-6-8-15(25)9-7-14/h3-12,20,28H,2H2,1H3/b21-19+/t20-/m0/s1. The monoisotopic (exact) mass is 464 g/mol. The summed E-state index contributed by atoms with van der Waals surface area (Å²) in [4.78, 5) is 32.9. The molecule has 0 spiro atoms. The van der Waals surface area contributed by atoms with Crippen molar-refractivity contribution >= 4 is 55.5 Å². The summed E-state index contributed by atoms with van der Waals surface area (Å²) in [5.74, 6) is -2.34. The number of hydrogen-bond donors (Lipinski definition) is 1. The minimum Gasteiger partial charge on any atom is -0.507 e. The number of carbonyl (C=O) groups excluding carboxylic acids is 2. The predicted molar refractivity (Wildman–Crippen MR) is 124 cm³/mol. The topological polar surface area (TPSA) is 70.5 Å². The number of fused-ring (bicyclic) bond motifs is 1. The van der Waals surface area contributed by atoms with Crippen molar-refractivity contribution in [3.8, 4) is 0 Å². The second-order valence-electron chi connectivity index (χ2n) is 7.34. The van der Waals surface area contributed by atoms with E-state index in [1.807, 2.05) is 35.7 Å². The lowest BCUT2D eigenvalue weighted by atomic mass is 10.00. The van der Waals surface area contributed by atoms with Gasteiger partial charge in [-0.15, -0.1) is 11.3 Å². The molecule has 5 nitrogen and oxygen atoms in total. The highest BCUT2D eigenvalue weighted by Crippen LogP contribution is 2.45. The van der Waals surface area contributed by atoms with Gasteiger partial charge in [0.2, 0.25) is 0 Å². The molecule has 2 aromatic carbocycles. The van der Waals surface area contributed by atoms with Crippen LogP contribution in [0.5, 0.6) is 0 Å². The first-order valence-electron chi connectivity index (χ1n) is 9.97. The fourth-order valence-corrected chi connectivity index (χ4v) is 5.67. The number of aliphatic hydroxyl groups excluding tert-OH is 1. The highest BCUT2D eigenvalue weighted by molar-refractivity contribution is 7.22. The van der Waals surface area contributed by atoms with Gasteiger partial charge in [0.1, 0.15) is 17.6 Å². The average molecular weight is 465 g/mol. The van der Waals surface area contributed by atoms with Crippen LogP contribution >= 0.6 is 22.7 Å². The predicted octanol–water partition coefficient (Wildman–Crippen LogP) is 5.69. The van der Waals surface area contributed by atoms with Gasteiger partial charge in [0.25, 0.3) is 5.78 Å². The Morgan fingerprint density at radius 3 is 2.62 bits per heavy atom. The van der Waals surface area contributed by atoms with Crippen molar-refractivity contribution in [1.82, 2.24) is 4.98 Å². The lowest BCUT2D eigenvalue weighted by Gasteiger charge is -2.21. The molecule has 1 atom stereocenters. The number of hydrogen-bond acceptors (Lipinski definition) is 6. The minimum absolute atomic E-state index is 0.0300. The van der Waals surface area contributed by atoms with Gasteiger partial charge < -0.3 is 5.11 Å². The fraction of sp³-hybridized carbons (Fsp3) is 0.125.